The van der Waals surface area contributed by atoms with Crippen LogP contribution in [-0.4, -0.2) is 41.2 Å². The molecule has 1 aliphatic rings. The van der Waals surface area contributed by atoms with Gasteiger partial charge >= 0.3 is 5.97 Å². The molecule has 2 N–H and O–H groups in total. The highest BCUT2D eigenvalue weighted by molar-refractivity contribution is 7.80. The molecule has 1 saturated heterocycles. The fourth-order valence-electron chi connectivity index (χ4n) is 3.04. The van der Waals surface area contributed by atoms with Crippen molar-refractivity contribution in [3.8, 4) is 11.5 Å². The van der Waals surface area contributed by atoms with Crippen molar-refractivity contribution in [1.82, 2.24) is 5.32 Å². The van der Waals surface area contributed by atoms with Crippen LogP contribution >= 0.6 is 12.2 Å². The molecule has 3 rings (SSSR count). The average Bonchev–Trinajstić information content (AvgIpc) is 2.77. The Morgan fingerprint density at radius 2 is 1.97 bits per heavy atom. The predicted octanol–water partition coefficient (Wildman–Crippen LogP) is 3.40. The van der Waals surface area contributed by atoms with Gasteiger partial charge in [-0.3, -0.25) is 19.8 Å². The summed E-state index contributed by atoms with van der Waals surface area (Å²) in [6.07, 6.45) is 2.03. The Bertz CT molecular complexity index is 1130. The van der Waals surface area contributed by atoms with Gasteiger partial charge in [-0.2, -0.15) is 0 Å². The molecule has 2 aromatic rings. The number of nitrogens with zero attached hydrogens (tertiary/aromatic N) is 1. The van der Waals surface area contributed by atoms with Gasteiger partial charge in [0.1, 0.15) is 5.57 Å². The van der Waals surface area contributed by atoms with Crippen molar-refractivity contribution in [3.05, 3.63) is 59.2 Å². The maximum absolute atomic E-state index is 13.3. The Morgan fingerprint density at radius 1 is 1.25 bits per heavy atom. The maximum Gasteiger partial charge on any atom is 0.335 e. The molecule has 2 aromatic carbocycles. The molecule has 0 bridgehead atoms. The number of para-hydroxylation sites is 1. The van der Waals surface area contributed by atoms with Gasteiger partial charge in [-0.1, -0.05) is 25.1 Å². The summed E-state index contributed by atoms with van der Waals surface area (Å²) < 4.78 is 11.4. The summed E-state index contributed by atoms with van der Waals surface area (Å²) in [7, 11) is 1.50. The highest BCUT2D eigenvalue weighted by atomic mass is 32.1. The zero-order valence-corrected chi connectivity index (χ0v) is 18.6. The van der Waals surface area contributed by atoms with Crippen molar-refractivity contribution in [2.75, 3.05) is 12.0 Å². The van der Waals surface area contributed by atoms with E-state index in [0.29, 0.717) is 17.1 Å². The number of methoxy groups -OCH3 is 1. The van der Waals surface area contributed by atoms with E-state index in [9.17, 15) is 19.5 Å². The highest BCUT2D eigenvalue weighted by Gasteiger charge is 2.35. The SMILES string of the molecule is CCC(C)Oc1c(C=C2C(=O)NC(=S)N(c3cccc(C(=O)O)c3)C2=O)cccc1OC. The number of hydrogen-bond donors (Lipinski definition) is 2. The van der Waals surface area contributed by atoms with Crippen molar-refractivity contribution < 1.29 is 29.0 Å². The summed E-state index contributed by atoms with van der Waals surface area (Å²) in [6.45, 7) is 3.87. The smallest absolute Gasteiger partial charge is 0.335 e. The highest BCUT2D eigenvalue weighted by Crippen LogP contribution is 2.34. The van der Waals surface area contributed by atoms with Crippen LogP contribution in [0, 0.1) is 0 Å². The van der Waals surface area contributed by atoms with Gasteiger partial charge in [-0.05, 0) is 55.9 Å². The van der Waals surface area contributed by atoms with Crippen molar-refractivity contribution >= 4 is 46.9 Å². The minimum Gasteiger partial charge on any atom is -0.493 e. The minimum absolute atomic E-state index is 0.0161. The van der Waals surface area contributed by atoms with Crippen LogP contribution in [0.15, 0.2) is 48.0 Å². The van der Waals surface area contributed by atoms with Crippen molar-refractivity contribution in [2.24, 2.45) is 0 Å². The quantitative estimate of drug-likeness (QED) is 0.375. The number of rotatable bonds is 7. The minimum atomic E-state index is -1.15. The van der Waals surface area contributed by atoms with E-state index >= 15 is 0 Å². The molecule has 0 aromatic heterocycles. The monoisotopic (exact) mass is 454 g/mol. The van der Waals surface area contributed by atoms with Crippen molar-refractivity contribution in [2.45, 2.75) is 26.4 Å². The Kier molecular flexibility index (Phi) is 6.89. The third-order valence-corrected chi connectivity index (χ3v) is 5.16. The van der Waals surface area contributed by atoms with Gasteiger partial charge < -0.3 is 14.6 Å². The second-order valence-corrected chi connectivity index (χ2v) is 7.42. The van der Waals surface area contributed by atoms with Crippen LogP contribution in [0.2, 0.25) is 0 Å². The molecule has 0 saturated carbocycles. The summed E-state index contributed by atoms with van der Waals surface area (Å²) in [5.41, 5.74) is 0.516. The van der Waals surface area contributed by atoms with Gasteiger partial charge in [0, 0.05) is 5.56 Å². The van der Waals surface area contributed by atoms with E-state index in [4.69, 9.17) is 21.7 Å². The summed E-state index contributed by atoms with van der Waals surface area (Å²) in [5.74, 6) is -1.62. The number of nitrogens with one attached hydrogen (secondary N) is 1. The van der Waals surface area contributed by atoms with Crippen molar-refractivity contribution in [3.63, 3.8) is 0 Å². The Labute approximate surface area is 190 Å². The van der Waals surface area contributed by atoms with Crippen LogP contribution in [-0.2, 0) is 9.59 Å². The molecule has 1 fully saturated rings. The lowest BCUT2D eigenvalue weighted by atomic mass is 10.0. The molecule has 166 valence electrons. The van der Waals surface area contributed by atoms with Gasteiger partial charge in [-0.25, -0.2) is 4.79 Å². The number of amides is 2. The topological polar surface area (TPSA) is 105 Å². The number of thiocarbonyl (C=S) groups is 1. The lowest BCUT2D eigenvalue weighted by Gasteiger charge is -2.29. The molecule has 9 heteroatoms. The van der Waals surface area contributed by atoms with Crippen LogP contribution in [0.3, 0.4) is 0 Å². The molecule has 0 spiro atoms. The van der Waals surface area contributed by atoms with Gasteiger partial charge in [0.15, 0.2) is 16.6 Å². The molecule has 1 unspecified atom stereocenters. The lowest BCUT2D eigenvalue weighted by molar-refractivity contribution is -0.122. The second kappa shape index (κ2) is 9.61. The number of carboxylic acids is 1. The van der Waals surface area contributed by atoms with E-state index in [2.05, 4.69) is 5.32 Å². The first-order valence-corrected chi connectivity index (χ1v) is 10.3. The molecule has 1 heterocycles. The second-order valence-electron chi connectivity index (χ2n) is 7.03. The molecule has 2 amide bonds. The summed E-state index contributed by atoms with van der Waals surface area (Å²) in [6, 6.07) is 10.9. The van der Waals surface area contributed by atoms with Gasteiger partial charge in [0.2, 0.25) is 0 Å². The molecule has 1 aliphatic heterocycles. The third kappa shape index (κ3) is 4.62. The van der Waals surface area contributed by atoms with E-state index in [-0.39, 0.29) is 28.0 Å². The number of aromatic carboxylic acids is 1. The summed E-state index contributed by atoms with van der Waals surface area (Å²) in [4.78, 5) is 38.3. The summed E-state index contributed by atoms with van der Waals surface area (Å²) in [5, 5.41) is 11.6. The molecule has 1 atom stereocenters. The predicted molar refractivity (Wildman–Crippen MR) is 123 cm³/mol. The molecular formula is C23H22N2O6S. The van der Waals surface area contributed by atoms with E-state index in [1.165, 1.54) is 37.5 Å². The van der Waals surface area contributed by atoms with E-state index in [0.717, 1.165) is 11.3 Å². The van der Waals surface area contributed by atoms with Crippen LogP contribution in [0.1, 0.15) is 36.2 Å². The molecule has 0 radical (unpaired) electrons. The summed E-state index contributed by atoms with van der Waals surface area (Å²) >= 11 is 5.18. The maximum atomic E-state index is 13.3. The van der Waals surface area contributed by atoms with Crippen LogP contribution < -0.4 is 19.7 Å². The third-order valence-electron chi connectivity index (χ3n) is 4.88. The van der Waals surface area contributed by atoms with Gasteiger partial charge in [-0.15, -0.1) is 0 Å². The Balaban J connectivity index is 2.07. The van der Waals surface area contributed by atoms with Gasteiger partial charge in [0.25, 0.3) is 11.8 Å². The molecule has 0 aliphatic carbocycles. The fourth-order valence-corrected chi connectivity index (χ4v) is 3.32. The van der Waals surface area contributed by atoms with E-state index in [1.807, 2.05) is 13.8 Å². The Morgan fingerprint density at radius 3 is 2.62 bits per heavy atom. The zero-order valence-electron chi connectivity index (χ0n) is 17.7. The van der Waals surface area contributed by atoms with Crippen LogP contribution in [0.25, 0.3) is 6.08 Å². The van der Waals surface area contributed by atoms with Crippen LogP contribution in [0.5, 0.6) is 11.5 Å². The number of carbonyl (C=O) groups is 3. The zero-order chi connectivity index (χ0) is 23.4. The first kappa shape index (κ1) is 23.0. The average molecular weight is 455 g/mol. The van der Waals surface area contributed by atoms with E-state index < -0.39 is 17.8 Å². The first-order valence-electron chi connectivity index (χ1n) is 9.85. The number of anilines is 1. The molecule has 32 heavy (non-hydrogen) atoms. The molecular weight excluding hydrogens is 432 g/mol. The molecule has 8 nitrogen and oxygen atoms in total. The van der Waals surface area contributed by atoms with E-state index in [1.54, 1.807) is 18.2 Å². The number of hydrogen-bond acceptors (Lipinski definition) is 6. The largest absolute Gasteiger partial charge is 0.493 e. The first-order chi connectivity index (χ1) is 15.3. The lowest BCUT2D eigenvalue weighted by Crippen LogP contribution is -2.54. The number of carbonyl (C=O) groups excluding carboxylic acids is 2. The Hall–Kier alpha value is -3.72. The van der Waals surface area contributed by atoms with Crippen molar-refractivity contribution in [1.29, 1.82) is 0 Å². The van der Waals surface area contributed by atoms with Gasteiger partial charge in [0.05, 0.1) is 24.5 Å². The standard InChI is InChI=1S/C23H22N2O6S/c1-4-13(2)31-19-14(7-6-10-18(19)30-3)12-17-20(26)24-23(32)25(21(17)27)16-9-5-8-15(11-16)22(28)29/h5-13H,4H2,1-3H3,(H,28,29)(H,24,26,32). The fraction of sp³-hybridized carbons (Fsp3) is 0.217. The normalized spacial score (nSPS) is 16.0. The number of carboxylic acid groups (broad SMARTS) is 1. The number of ether oxygens (including phenoxy) is 2. The number of benzene rings is 2. The van der Waals surface area contributed by atoms with Crippen LogP contribution in [0.4, 0.5) is 5.69 Å².